The van der Waals surface area contributed by atoms with Gasteiger partial charge in [-0.25, -0.2) is 4.98 Å². The highest BCUT2D eigenvalue weighted by molar-refractivity contribution is 7.22. The van der Waals surface area contributed by atoms with Gasteiger partial charge in [0, 0.05) is 18.8 Å². The molecule has 7 heteroatoms. The van der Waals surface area contributed by atoms with E-state index in [9.17, 15) is 4.79 Å². The van der Waals surface area contributed by atoms with Crippen LogP contribution in [0, 0.1) is 6.92 Å². The van der Waals surface area contributed by atoms with Crippen molar-refractivity contribution in [3.63, 3.8) is 0 Å². The smallest absolute Gasteiger partial charge is 0.258 e. The van der Waals surface area contributed by atoms with Crippen LogP contribution in [0.4, 0.5) is 10.8 Å². The van der Waals surface area contributed by atoms with Crippen LogP contribution < -0.4 is 10.2 Å². The molecule has 0 radical (unpaired) electrons. The number of anilines is 2. The van der Waals surface area contributed by atoms with E-state index in [0.717, 1.165) is 47.8 Å². The normalized spacial score (nSPS) is 14.6. The maximum absolute atomic E-state index is 12.5. The largest absolute Gasteiger partial charge is 0.378 e. The fourth-order valence-corrected chi connectivity index (χ4v) is 4.17. The molecular weight excluding hydrogens is 370 g/mol. The Labute approximate surface area is 160 Å². The maximum Gasteiger partial charge on any atom is 0.258 e. The summed E-state index contributed by atoms with van der Waals surface area (Å²) in [6, 6.07) is 11.6. The molecule has 134 valence electrons. The lowest BCUT2D eigenvalue weighted by molar-refractivity contribution is 0.102. The number of rotatable bonds is 3. The number of thiazole rings is 1. The Morgan fingerprint density at radius 1 is 1.23 bits per heavy atom. The highest BCUT2D eigenvalue weighted by Crippen LogP contribution is 2.30. The molecule has 3 aromatic rings. The number of fused-ring (bicyclic) bond motifs is 1. The van der Waals surface area contributed by atoms with Gasteiger partial charge in [0.25, 0.3) is 5.91 Å². The van der Waals surface area contributed by atoms with E-state index in [1.54, 1.807) is 12.1 Å². The Bertz CT molecular complexity index is 967. The van der Waals surface area contributed by atoms with Crippen LogP contribution in [-0.4, -0.2) is 37.2 Å². The number of hydrogen-bond acceptors (Lipinski definition) is 5. The van der Waals surface area contributed by atoms with Gasteiger partial charge < -0.3 is 9.64 Å². The van der Waals surface area contributed by atoms with E-state index in [2.05, 4.69) is 27.3 Å². The number of halogens is 1. The van der Waals surface area contributed by atoms with Crippen LogP contribution in [0.2, 0.25) is 5.02 Å². The van der Waals surface area contributed by atoms with Gasteiger partial charge in [0.2, 0.25) is 0 Å². The zero-order chi connectivity index (χ0) is 18.1. The highest BCUT2D eigenvalue weighted by Gasteiger charge is 2.15. The topological polar surface area (TPSA) is 54.5 Å². The third kappa shape index (κ3) is 3.53. The minimum Gasteiger partial charge on any atom is -0.378 e. The van der Waals surface area contributed by atoms with Crippen LogP contribution >= 0.6 is 22.9 Å². The quantitative estimate of drug-likeness (QED) is 0.726. The van der Waals surface area contributed by atoms with E-state index in [1.807, 2.05) is 19.1 Å². The van der Waals surface area contributed by atoms with Crippen LogP contribution in [0.25, 0.3) is 10.2 Å². The number of benzene rings is 2. The first kappa shape index (κ1) is 17.3. The summed E-state index contributed by atoms with van der Waals surface area (Å²) in [5, 5.41) is 3.87. The van der Waals surface area contributed by atoms with E-state index in [0.29, 0.717) is 15.7 Å². The van der Waals surface area contributed by atoms with Gasteiger partial charge in [0.05, 0.1) is 34.0 Å². The van der Waals surface area contributed by atoms with Gasteiger partial charge in [-0.3, -0.25) is 10.1 Å². The highest BCUT2D eigenvalue weighted by atomic mass is 35.5. The summed E-state index contributed by atoms with van der Waals surface area (Å²) >= 11 is 7.65. The van der Waals surface area contributed by atoms with Crippen LogP contribution in [0.5, 0.6) is 0 Å². The predicted molar refractivity (Wildman–Crippen MR) is 107 cm³/mol. The second kappa shape index (κ2) is 7.23. The zero-order valence-corrected chi connectivity index (χ0v) is 15.9. The molecule has 1 aliphatic rings. The molecule has 0 atom stereocenters. The first-order valence-corrected chi connectivity index (χ1v) is 9.60. The van der Waals surface area contributed by atoms with Gasteiger partial charge in [-0.2, -0.15) is 0 Å². The monoisotopic (exact) mass is 387 g/mol. The predicted octanol–water partition coefficient (Wildman–Crippen LogP) is 4.35. The first-order chi connectivity index (χ1) is 12.6. The molecule has 4 rings (SSSR count). The Balaban J connectivity index is 1.56. The molecule has 0 saturated carbocycles. The van der Waals surface area contributed by atoms with E-state index < -0.39 is 0 Å². The van der Waals surface area contributed by atoms with Crippen molar-refractivity contribution in [2.24, 2.45) is 0 Å². The van der Waals surface area contributed by atoms with E-state index in [-0.39, 0.29) is 5.91 Å². The van der Waals surface area contributed by atoms with Crippen molar-refractivity contribution in [2.75, 3.05) is 36.5 Å². The maximum atomic E-state index is 12.5. The summed E-state index contributed by atoms with van der Waals surface area (Å²) in [4.78, 5) is 19.3. The van der Waals surface area contributed by atoms with Crippen LogP contribution in [0.1, 0.15) is 15.9 Å². The lowest BCUT2D eigenvalue weighted by Gasteiger charge is -2.28. The summed E-state index contributed by atoms with van der Waals surface area (Å²) < 4.78 is 6.45. The summed E-state index contributed by atoms with van der Waals surface area (Å²) in [7, 11) is 0. The van der Waals surface area contributed by atoms with Crippen molar-refractivity contribution >= 4 is 49.9 Å². The number of ether oxygens (including phenoxy) is 1. The number of morpholine rings is 1. The number of aryl methyl sites for hydroxylation is 1. The van der Waals surface area contributed by atoms with Gasteiger partial charge in [-0.15, -0.1) is 0 Å². The van der Waals surface area contributed by atoms with E-state index >= 15 is 0 Å². The van der Waals surface area contributed by atoms with Gasteiger partial charge >= 0.3 is 0 Å². The van der Waals surface area contributed by atoms with Crippen molar-refractivity contribution in [3.8, 4) is 0 Å². The standard InChI is InChI=1S/C19H18ClN3O2S/c1-12-2-4-14(15(20)10-12)18(24)22-19-21-16-5-3-13(11-17(16)26-19)23-6-8-25-9-7-23/h2-5,10-11H,6-9H2,1H3,(H,21,22,24). The van der Waals surface area contributed by atoms with Crippen LogP contribution in [0.3, 0.4) is 0 Å². The molecule has 0 aliphatic carbocycles. The van der Waals surface area contributed by atoms with Gasteiger partial charge in [-0.05, 0) is 42.8 Å². The molecule has 1 aromatic heterocycles. The third-order valence-electron chi connectivity index (χ3n) is 4.34. The van der Waals surface area contributed by atoms with Crippen molar-refractivity contribution in [1.82, 2.24) is 4.98 Å². The number of amides is 1. The van der Waals surface area contributed by atoms with Gasteiger partial charge in [0.15, 0.2) is 5.13 Å². The molecule has 1 fully saturated rings. The number of nitrogens with one attached hydrogen (secondary N) is 1. The Kier molecular flexibility index (Phi) is 4.80. The Morgan fingerprint density at radius 2 is 2.04 bits per heavy atom. The molecule has 2 aromatic carbocycles. The number of nitrogens with zero attached hydrogens (tertiary/aromatic N) is 2. The average molecular weight is 388 g/mol. The molecule has 2 heterocycles. The summed E-state index contributed by atoms with van der Waals surface area (Å²) in [5.41, 5.74) is 3.49. The zero-order valence-electron chi connectivity index (χ0n) is 14.3. The van der Waals surface area contributed by atoms with Crippen molar-refractivity contribution < 1.29 is 9.53 Å². The minimum absolute atomic E-state index is 0.248. The fourth-order valence-electron chi connectivity index (χ4n) is 2.95. The molecule has 0 spiro atoms. The molecule has 1 amide bonds. The molecular formula is C19H18ClN3O2S. The van der Waals surface area contributed by atoms with Gasteiger partial charge in [0.1, 0.15) is 0 Å². The molecule has 1 saturated heterocycles. The Morgan fingerprint density at radius 3 is 2.81 bits per heavy atom. The number of carbonyl (C=O) groups excluding carboxylic acids is 1. The third-order valence-corrected chi connectivity index (χ3v) is 5.58. The second-order valence-electron chi connectivity index (χ2n) is 6.21. The van der Waals surface area contributed by atoms with Crippen LogP contribution in [-0.2, 0) is 4.74 Å². The molecule has 0 unspecified atom stereocenters. The van der Waals surface area contributed by atoms with Gasteiger partial charge in [-0.1, -0.05) is 29.0 Å². The fraction of sp³-hybridized carbons (Fsp3) is 0.263. The minimum atomic E-state index is -0.248. The summed E-state index contributed by atoms with van der Waals surface area (Å²) in [5.74, 6) is -0.248. The number of hydrogen-bond donors (Lipinski definition) is 1. The Hall–Kier alpha value is -2.15. The molecule has 0 bridgehead atoms. The number of carbonyl (C=O) groups is 1. The molecule has 1 aliphatic heterocycles. The van der Waals surface area contributed by atoms with Crippen molar-refractivity contribution in [1.29, 1.82) is 0 Å². The lowest BCUT2D eigenvalue weighted by Crippen LogP contribution is -2.36. The SMILES string of the molecule is Cc1ccc(C(=O)Nc2nc3ccc(N4CCOCC4)cc3s2)c(Cl)c1. The lowest BCUT2D eigenvalue weighted by atomic mass is 10.1. The first-order valence-electron chi connectivity index (χ1n) is 8.41. The molecule has 26 heavy (non-hydrogen) atoms. The summed E-state index contributed by atoms with van der Waals surface area (Å²) in [6.07, 6.45) is 0. The van der Waals surface area contributed by atoms with Crippen LogP contribution in [0.15, 0.2) is 36.4 Å². The van der Waals surface area contributed by atoms with E-state index in [4.69, 9.17) is 16.3 Å². The van der Waals surface area contributed by atoms with Crippen molar-refractivity contribution in [3.05, 3.63) is 52.5 Å². The second-order valence-corrected chi connectivity index (χ2v) is 7.65. The van der Waals surface area contributed by atoms with E-state index in [1.165, 1.54) is 11.3 Å². The number of aromatic nitrogens is 1. The molecule has 5 nitrogen and oxygen atoms in total. The average Bonchev–Trinajstić information content (AvgIpc) is 3.03. The molecule has 1 N–H and O–H groups in total. The van der Waals surface area contributed by atoms with Crippen molar-refractivity contribution in [2.45, 2.75) is 6.92 Å². The summed E-state index contributed by atoms with van der Waals surface area (Å²) in [6.45, 7) is 5.21.